The Bertz CT molecular complexity index is 1280. The Balaban J connectivity index is 1.40. The van der Waals surface area contributed by atoms with Crippen LogP contribution in [0.5, 0.6) is 0 Å². The number of aromatic nitrogens is 2. The zero-order valence-electron chi connectivity index (χ0n) is 19.9. The normalized spacial score (nSPS) is 17.6. The molecule has 0 spiro atoms. The SMILES string of the molecule is CN1CCN(c2ccc(-c3cnc(N)nc3Nc3cccc(S(=O)(=O)N4CCCC4)c3)cc2)CC1. The zero-order valence-corrected chi connectivity index (χ0v) is 20.7. The maximum Gasteiger partial charge on any atom is 0.243 e. The molecule has 9 nitrogen and oxygen atoms in total. The molecule has 2 aliphatic rings. The average Bonchev–Trinajstić information content (AvgIpc) is 3.41. The molecule has 2 fully saturated rings. The summed E-state index contributed by atoms with van der Waals surface area (Å²) in [6.45, 7) is 5.24. The Hall–Kier alpha value is -3.21. The molecule has 2 aromatic carbocycles. The van der Waals surface area contributed by atoms with Gasteiger partial charge in [-0.25, -0.2) is 13.4 Å². The predicted molar refractivity (Wildman–Crippen MR) is 139 cm³/mol. The third-order valence-corrected chi connectivity index (χ3v) is 8.55. The van der Waals surface area contributed by atoms with Crippen LogP contribution >= 0.6 is 0 Å². The van der Waals surface area contributed by atoms with E-state index in [1.165, 1.54) is 5.69 Å². The molecular weight excluding hydrogens is 462 g/mol. The van der Waals surface area contributed by atoms with Gasteiger partial charge in [0.05, 0.1) is 4.90 Å². The number of piperazine rings is 1. The van der Waals surface area contributed by atoms with Crippen LogP contribution in [0.2, 0.25) is 0 Å². The molecule has 2 aliphatic heterocycles. The predicted octanol–water partition coefficient (Wildman–Crippen LogP) is 3.01. The first-order valence-electron chi connectivity index (χ1n) is 11.9. The van der Waals surface area contributed by atoms with E-state index in [2.05, 4.69) is 56.4 Å². The topological polar surface area (TPSA) is 108 Å². The molecule has 184 valence electrons. The van der Waals surface area contributed by atoms with E-state index in [0.717, 1.165) is 50.1 Å². The number of rotatable bonds is 6. The van der Waals surface area contributed by atoms with Crippen molar-refractivity contribution < 1.29 is 8.42 Å². The molecule has 0 unspecified atom stereocenters. The van der Waals surface area contributed by atoms with Crippen LogP contribution in [0, 0.1) is 0 Å². The van der Waals surface area contributed by atoms with Crippen molar-refractivity contribution in [3.63, 3.8) is 0 Å². The zero-order chi connectivity index (χ0) is 24.4. The highest BCUT2D eigenvalue weighted by molar-refractivity contribution is 7.89. The van der Waals surface area contributed by atoms with Gasteiger partial charge < -0.3 is 20.9 Å². The Morgan fingerprint density at radius 1 is 0.943 bits per heavy atom. The van der Waals surface area contributed by atoms with Crippen LogP contribution in [0.1, 0.15) is 12.8 Å². The second-order valence-corrected chi connectivity index (χ2v) is 11.0. The molecule has 0 atom stereocenters. The number of nitrogen functional groups attached to an aromatic ring is 1. The summed E-state index contributed by atoms with van der Waals surface area (Å²) in [5.41, 5.74) is 9.45. The fourth-order valence-corrected chi connectivity index (χ4v) is 6.13. The van der Waals surface area contributed by atoms with Gasteiger partial charge in [-0.1, -0.05) is 18.2 Å². The summed E-state index contributed by atoms with van der Waals surface area (Å²) < 4.78 is 27.6. The highest BCUT2D eigenvalue weighted by Gasteiger charge is 2.27. The van der Waals surface area contributed by atoms with Gasteiger partial charge in [0.25, 0.3) is 0 Å². The minimum absolute atomic E-state index is 0.145. The molecule has 0 aliphatic carbocycles. The molecule has 0 amide bonds. The lowest BCUT2D eigenvalue weighted by atomic mass is 10.1. The first-order chi connectivity index (χ1) is 16.9. The van der Waals surface area contributed by atoms with Crippen LogP contribution in [0.25, 0.3) is 11.1 Å². The van der Waals surface area contributed by atoms with Crippen molar-refractivity contribution in [2.45, 2.75) is 17.7 Å². The van der Waals surface area contributed by atoms with Crippen LogP contribution in [-0.4, -0.2) is 73.9 Å². The standard InChI is InChI=1S/C25H31N7O2S/c1-30-13-15-31(16-14-30)21-9-7-19(8-10-21)23-18-27-25(26)29-24(23)28-20-5-4-6-22(17-20)35(33,34)32-11-2-3-12-32/h4-10,17-18H,2-3,11-16H2,1H3,(H3,26,27,28,29). The van der Waals surface area contributed by atoms with Gasteiger partial charge in [0.2, 0.25) is 16.0 Å². The number of nitrogens with two attached hydrogens (primary N) is 1. The monoisotopic (exact) mass is 493 g/mol. The molecule has 0 bridgehead atoms. The summed E-state index contributed by atoms with van der Waals surface area (Å²) in [5.74, 6) is 0.673. The third kappa shape index (κ3) is 5.09. The Morgan fingerprint density at radius 3 is 2.37 bits per heavy atom. The molecule has 3 heterocycles. The molecule has 0 saturated carbocycles. The van der Waals surface area contributed by atoms with E-state index >= 15 is 0 Å². The Morgan fingerprint density at radius 2 is 1.66 bits per heavy atom. The van der Waals surface area contributed by atoms with Gasteiger partial charge in [0, 0.05) is 62.4 Å². The number of nitrogens with zero attached hydrogens (tertiary/aromatic N) is 5. The number of anilines is 4. The molecule has 0 radical (unpaired) electrons. The fourth-order valence-electron chi connectivity index (χ4n) is 4.57. The summed E-state index contributed by atoms with van der Waals surface area (Å²) in [4.78, 5) is 13.6. The van der Waals surface area contributed by atoms with Gasteiger partial charge in [-0.2, -0.15) is 9.29 Å². The van der Waals surface area contributed by atoms with E-state index in [-0.39, 0.29) is 10.8 Å². The number of likely N-dealkylation sites (N-methyl/N-ethyl adjacent to an activating group) is 1. The molecule has 1 aromatic heterocycles. The van der Waals surface area contributed by atoms with Crippen LogP contribution in [-0.2, 0) is 10.0 Å². The number of hydrogen-bond acceptors (Lipinski definition) is 8. The quantitative estimate of drug-likeness (QED) is 0.540. The van der Waals surface area contributed by atoms with Crippen molar-refractivity contribution in [1.82, 2.24) is 19.2 Å². The van der Waals surface area contributed by atoms with Gasteiger partial charge in [0.15, 0.2) is 0 Å². The Labute approximate surface area is 206 Å². The summed E-state index contributed by atoms with van der Waals surface area (Å²) in [5, 5.41) is 3.27. The second kappa shape index (κ2) is 9.80. The van der Waals surface area contributed by atoms with E-state index in [4.69, 9.17) is 5.73 Å². The van der Waals surface area contributed by atoms with E-state index in [1.807, 2.05) is 6.07 Å². The van der Waals surface area contributed by atoms with Crippen molar-refractivity contribution in [3.8, 4) is 11.1 Å². The molecule has 2 saturated heterocycles. The van der Waals surface area contributed by atoms with E-state index in [0.29, 0.717) is 24.6 Å². The fraction of sp³-hybridized carbons (Fsp3) is 0.360. The lowest BCUT2D eigenvalue weighted by Crippen LogP contribution is -2.44. The molecular formula is C25H31N7O2S. The van der Waals surface area contributed by atoms with Crippen molar-refractivity contribution in [2.75, 3.05) is 62.3 Å². The lowest BCUT2D eigenvalue weighted by Gasteiger charge is -2.34. The largest absolute Gasteiger partial charge is 0.369 e. The van der Waals surface area contributed by atoms with E-state index in [9.17, 15) is 8.42 Å². The molecule has 3 N–H and O–H groups in total. The smallest absolute Gasteiger partial charge is 0.243 e. The van der Waals surface area contributed by atoms with Crippen molar-refractivity contribution in [3.05, 3.63) is 54.7 Å². The summed E-state index contributed by atoms with van der Waals surface area (Å²) in [6, 6.07) is 15.2. The number of hydrogen-bond donors (Lipinski definition) is 2. The Kier molecular flexibility index (Phi) is 6.59. The molecule has 3 aromatic rings. The molecule has 35 heavy (non-hydrogen) atoms. The molecule has 5 rings (SSSR count). The average molecular weight is 494 g/mol. The van der Waals surface area contributed by atoms with Crippen molar-refractivity contribution in [1.29, 1.82) is 0 Å². The maximum atomic E-state index is 13.0. The van der Waals surface area contributed by atoms with Gasteiger partial charge in [-0.05, 0) is 55.8 Å². The minimum Gasteiger partial charge on any atom is -0.369 e. The van der Waals surface area contributed by atoms with Gasteiger partial charge >= 0.3 is 0 Å². The summed E-state index contributed by atoms with van der Waals surface area (Å²) in [7, 11) is -1.37. The molecule has 10 heteroatoms. The van der Waals surface area contributed by atoms with Gasteiger partial charge in [-0.3, -0.25) is 0 Å². The second-order valence-electron chi connectivity index (χ2n) is 9.09. The number of nitrogens with one attached hydrogen (secondary N) is 1. The van der Waals surface area contributed by atoms with E-state index < -0.39 is 10.0 Å². The maximum absolute atomic E-state index is 13.0. The first-order valence-corrected chi connectivity index (χ1v) is 13.4. The van der Waals surface area contributed by atoms with Gasteiger partial charge in [-0.15, -0.1) is 0 Å². The first kappa shape index (κ1) is 23.5. The number of benzene rings is 2. The van der Waals surface area contributed by atoms with Crippen molar-refractivity contribution in [2.24, 2.45) is 0 Å². The van der Waals surface area contributed by atoms with Crippen LogP contribution in [0.15, 0.2) is 59.6 Å². The van der Waals surface area contributed by atoms with Crippen LogP contribution in [0.3, 0.4) is 0 Å². The highest BCUT2D eigenvalue weighted by Crippen LogP contribution is 2.31. The summed E-state index contributed by atoms with van der Waals surface area (Å²) in [6.07, 6.45) is 3.49. The highest BCUT2D eigenvalue weighted by atomic mass is 32.2. The van der Waals surface area contributed by atoms with E-state index in [1.54, 1.807) is 28.7 Å². The van der Waals surface area contributed by atoms with Crippen LogP contribution in [0.4, 0.5) is 23.1 Å². The van der Waals surface area contributed by atoms with Crippen LogP contribution < -0.4 is 16.0 Å². The lowest BCUT2D eigenvalue weighted by molar-refractivity contribution is 0.313. The van der Waals surface area contributed by atoms with Gasteiger partial charge in [0.1, 0.15) is 5.82 Å². The minimum atomic E-state index is -3.51. The van der Waals surface area contributed by atoms with Crippen molar-refractivity contribution >= 4 is 33.2 Å². The number of sulfonamides is 1. The third-order valence-electron chi connectivity index (χ3n) is 6.65. The summed E-state index contributed by atoms with van der Waals surface area (Å²) >= 11 is 0.